The van der Waals surface area contributed by atoms with Gasteiger partial charge in [0.2, 0.25) is 0 Å². The smallest absolute Gasteiger partial charge is 0.165 e. The molecule has 38 heavy (non-hydrogen) atoms. The molecule has 8 nitrogen and oxygen atoms in total. The second-order valence-corrected chi connectivity index (χ2v) is 11.8. The van der Waals surface area contributed by atoms with Gasteiger partial charge in [-0.2, -0.15) is 0 Å². The molecule has 200 valence electrons. The molecule has 2 N–H and O–H groups in total. The molecule has 0 unspecified atom stereocenters. The van der Waals surface area contributed by atoms with Crippen LogP contribution in [0.3, 0.4) is 0 Å². The first kappa shape index (κ1) is 24.4. The maximum absolute atomic E-state index is 15.2. The van der Waals surface area contributed by atoms with Crippen molar-refractivity contribution in [2.45, 2.75) is 25.4 Å². The molecule has 0 saturated carbocycles. The minimum atomic E-state index is -0.319. The van der Waals surface area contributed by atoms with Gasteiger partial charge in [0.25, 0.3) is 0 Å². The van der Waals surface area contributed by atoms with Crippen LogP contribution in [0.5, 0.6) is 0 Å². The third kappa shape index (κ3) is 4.38. The molecule has 3 aromatic heterocycles. The van der Waals surface area contributed by atoms with Crippen LogP contribution in [0.25, 0.3) is 32.5 Å². The number of H-pyrrole nitrogens is 1. The van der Waals surface area contributed by atoms with Gasteiger partial charge in [0.15, 0.2) is 11.6 Å². The average molecular weight is 537 g/mol. The van der Waals surface area contributed by atoms with Gasteiger partial charge in [0.05, 0.1) is 29.0 Å². The fourth-order valence-electron chi connectivity index (χ4n) is 6.27. The van der Waals surface area contributed by atoms with Crippen LogP contribution in [0.15, 0.2) is 30.5 Å². The largest absolute Gasteiger partial charge is 0.396 e. The molecule has 0 spiro atoms. The van der Waals surface area contributed by atoms with E-state index in [4.69, 9.17) is 14.7 Å². The van der Waals surface area contributed by atoms with Crippen LogP contribution in [0.1, 0.15) is 17.7 Å². The zero-order valence-electron chi connectivity index (χ0n) is 21.4. The Morgan fingerprint density at radius 2 is 1.97 bits per heavy atom. The summed E-state index contributed by atoms with van der Waals surface area (Å²) in [6.07, 6.45) is 4.19. The Morgan fingerprint density at radius 1 is 1.11 bits per heavy atom. The van der Waals surface area contributed by atoms with E-state index in [0.717, 1.165) is 66.1 Å². The number of piperidine rings is 1. The number of aromatic amines is 1. The number of aliphatic hydroxyl groups excluding tert-OH is 1. The standard InChI is InChI=1S/C28H33FN6O2S/c29-21-2-3-22-20(4-6-30-22)25(21)27-31-23-14-19(38-26(23)28(32-27)35-10-12-37-13-11-35)16-33-9-5-24(18(15-33)17-36)34-7-1-8-34/h2-4,6,14,18,24,30,36H,1,5,7-13,15-17H2/t18-,24+/m0/s1. The number of halogens is 1. The Bertz CT molecular complexity index is 1450. The number of ether oxygens (including phenoxy) is 1. The fraction of sp³-hybridized carbons (Fsp3) is 0.500. The van der Waals surface area contributed by atoms with Gasteiger partial charge in [-0.05, 0) is 50.2 Å². The number of hydrogen-bond acceptors (Lipinski definition) is 8. The van der Waals surface area contributed by atoms with E-state index in [1.54, 1.807) is 17.4 Å². The molecule has 3 aliphatic rings. The second-order valence-electron chi connectivity index (χ2n) is 10.7. The summed E-state index contributed by atoms with van der Waals surface area (Å²) in [5.74, 6) is 1.25. The van der Waals surface area contributed by atoms with Crippen LogP contribution in [-0.2, 0) is 11.3 Å². The van der Waals surface area contributed by atoms with E-state index in [2.05, 4.69) is 25.8 Å². The third-order valence-electron chi connectivity index (χ3n) is 8.37. The van der Waals surface area contributed by atoms with Crippen molar-refractivity contribution in [3.8, 4) is 11.4 Å². The summed E-state index contributed by atoms with van der Waals surface area (Å²) in [5.41, 5.74) is 2.16. The number of morpholine rings is 1. The van der Waals surface area contributed by atoms with Crippen molar-refractivity contribution in [1.82, 2.24) is 24.8 Å². The predicted octanol–water partition coefficient (Wildman–Crippen LogP) is 3.70. The maximum Gasteiger partial charge on any atom is 0.165 e. The van der Waals surface area contributed by atoms with Crippen molar-refractivity contribution in [3.63, 3.8) is 0 Å². The van der Waals surface area contributed by atoms with E-state index in [1.165, 1.54) is 30.5 Å². The number of anilines is 1. The van der Waals surface area contributed by atoms with E-state index in [0.29, 0.717) is 36.6 Å². The van der Waals surface area contributed by atoms with Crippen LogP contribution < -0.4 is 4.90 Å². The van der Waals surface area contributed by atoms with E-state index < -0.39 is 0 Å². The maximum atomic E-state index is 15.2. The molecule has 1 aromatic carbocycles. The highest BCUT2D eigenvalue weighted by molar-refractivity contribution is 7.19. The Kier molecular flexibility index (Phi) is 6.53. The van der Waals surface area contributed by atoms with Crippen LogP contribution in [-0.4, -0.2) is 95.0 Å². The van der Waals surface area contributed by atoms with Gasteiger partial charge in [-0.15, -0.1) is 11.3 Å². The van der Waals surface area contributed by atoms with Crippen molar-refractivity contribution in [2.75, 3.05) is 64.0 Å². The van der Waals surface area contributed by atoms with E-state index in [9.17, 15) is 5.11 Å². The highest BCUT2D eigenvalue weighted by Crippen LogP contribution is 2.38. The van der Waals surface area contributed by atoms with Crippen molar-refractivity contribution < 1.29 is 14.2 Å². The number of hydrogen-bond donors (Lipinski definition) is 2. The van der Waals surface area contributed by atoms with Crippen molar-refractivity contribution in [2.24, 2.45) is 5.92 Å². The topological polar surface area (TPSA) is 80.7 Å². The van der Waals surface area contributed by atoms with Crippen LogP contribution in [0.2, 0.25) is 0 Å². The first-order valence-electron chi connectivity index (χ1n) is 13.6. The molecule has 4 aromatic rings. The minimum Gasteiger partial charge on any atom is -0.396 e. The van der Waals surface area contributed by atoms with Gasteiger partial charge in [-0.25, -0.2) is 14.4 Å². The van der Waals surface area contributed by atoms with Crippen LogP contribution in [0, 0.1) is 11.7 Å². The number of fused-ring (bicyclic) bond motifs is 2. The van der Waals surface area contributed by atoms with Crippen LogP contribution >= 0.6 is 11.3 Å². The number of thiophene rings is 1. The Morgan fingerprint density at radius 3 is 2.76 bits per heavy atom. The molecular formula is C28H33FN6O2S. The lowest BCUT2D eigenvalue weighted by atomic mass is 9.89. The van der Waals surface area contributed by atoms with Gasteiger partial charge in [-0.1, -0.05) is 0 Å². The number of aliphatic hydroxyl groups is 1. The lowest BCUT2D eigenvalue weighted by molar-refractivity contribution is -0.00293. The summed E-state index contributed by atoms with van der Waals surface area (Å²) in [4.78, 5) is 21.5. The van der Waals surface area contributed by atoms with Crippen molar-refractivity contribution in [3.05, 3.63) is 41.2 Å². The van der Waals surface area contributed by atoms with E-state index >= 15 is 4.39 Å². The molecule has 3 fully saturated rings. The molecular weight excluding hydrogens is 503 g/mol. The highest BCUT2D eigenvalue weighted by Gasteiger charge is 2.35. The van der Waals surface area contributed by atoms with E-state index in [1.807, 2.05) is 12.3 Å². The average Bonchev–Trinajstić information content (AvgIpc) is 3.55. The van der Waals surface area contributed by atoms with Crippen molar-refractivity contribution >= 4 is 38.3 Å². The van der Waals surface area contributed by atoms with Crippen molar-refractivity contribution in [1.29, 1.82) is 0 Å². The number of rotatable bonds is 6. The Hall–Kier alpha value is -2.63. The second kappa shape index (κ2) is 10.2. The summed E-state index contributed by atoms with van der Waals surface area (Å²) in [7, 11) is 0. The molecule has 10 heteroatoms. The third-order valence-corrected chi connectivity index (χ3v) is 9.48. The van der Waals surface area contributed by atoms with Gasteiger partial charge in [0, 0.05) is 73.3 Å². The molecule has 0 radical (unpaired) electrons. The zero-order chi connectivity index (χ0) is 25.6. The molecule has 7 rings (SSSR count). The minimum absolute atomic E-state index is 0.233. The monoisotopic (exact) mass is 536 g/mol. The number of nitrogens with one attached hydrogen (secondary N) is 1. The zero-order valence-corrected chi connectivity index (χ0v) is 22.2. The molecule has 0 amide bonds. The van der Waals surface area contributed by atoms with Gasteiger partial charge < -0.3 is 19.7 Å². The first-order valence-corrected chi connectivity index (χ1v) is 14.5. The number of aromatic nitrogens is 3. The lowest BCUT2D eigenvalue weighted by Crippen LogP contribution is -2.55. The number of nitrogens with zero attached hydrogens (tertiary/aromatic N) is 5. The lowest BCUT2D eigenvalue weighted by Gasteiger charge is -2.47. The fourth-order valence-corrected chi connectivity index (χ4v) is 7.42. The summed E-state index contributed by atoms with van der Waals surface area (Å²) in [6.45, 7) is 8.11. The van der Waals surface area contributed by atoms with Gasteiger partial charge in [-0.3, -0.25) is 9.80 Å². The predicted molar refractivity (Wildman–Crippen MR) is 148 cm³/mol. The quantitative estimate of drug-likeness (QED) is 0.389. The number of benzene rings is 1. The summed E-state index contributed by atoms with van der Waals surface area (Å²) in [6, 6.07) is 7.77. The molecule has 0 bridgehead atoms. The molecule has 6 heterocycles. The molecule has 0 aliphatic carbocycles. The number of likely N-dealkylation sites (tertiary alicyclic amines) is 2. The molecule has 3 aliphatic heterocycles. The summed E-state index contributed by atoms with van der Waals surface area (Å²) in [5, 5.41) is 10.9. The summed E-state index contributed by atoms with van der Waals surface area (Å²) < 4.78 is 21.8. The molecule has 2 atom stereocenters. The Balaban J connectivity index is 1.24. The SMILES string of the molecule is OC[C@@H]1CN(Cc2cc3nc(-c4c(F)ccc5[nH]ccc45)nc(N4CCOCC4)c3s2)CC[C@H]1N1CCC1. The van der Waals surface area contributed by atoms with Gasteiger partial charge >= 0.3 is 0 Å². The van der Waals surface area contributed by atoms with Crippen LogP contribution in [0.4, 0.5) is 10.2 Å². The highest BCUT2D eigenvalue weighted by atomic mass is 32.1. The van der Waals surface area contributed by atoms with E-state index in [-0.39, 0.29) is 12.4 Å². The molecule has 3 saturated heterocycles. The normalized spacial score (nSPS) is 23.4. The van der Waals surface area contributed by atoms with Gasteiger partial charge in [0.1, 0.15) is 5.82 Å². The Labute approximate surface area is 225 Å². The first-order chi connectivity index (χ1) is 18.7. The summed E-state index contributed by atoms with van der Waals surface area (Å²) >= 11 is 1.73.